The molecule has 0 N–H and O–H groups in total. The maximum atomic E-state index is 12.0. The Morgan fingerprint density at radius 2 is 2.27 bits per heavy atom. The summed E-state index contributed by atoms with van der Waals surface area (Å²) in [6.07, 6.45) is 0.216. The lowest BCUT2D eigenvalue weighted by Gasteiger charge is -2.08. The minimum atomic E-state index is -0.897. The summed E-state index contributed by atoms with van der Waals surface area (Å²) in [5.41, 5.74) is 0.742. The summed E-state index contributed by atoms with van der Waals surface area (Å²) in [5.74, 6) is 0.271. The predicted molar refractivity (Wildman–Crippen MR) is 60.2 cm³/mol. The van der Waals surface area contributed by atoms with E-state index in [0.717, 1.165) is 5.56 Å². The van der Waals surface area contributed by atoms with Crippen molar-refractivity contribution >= 4 is 33.3 Å². The van der Waals surface area contributed by atoms with E-state index in [1.165, 1.54) is 0 Å². The monoisotopic (exact) mass is 294 g/mol. The van der Waals surface area contributed by atoms with E-state index in [1.54, 1.807) is 18.2 Å². The van der Waals surface area contributed by atoms with Crippen LogP contribution in [0.15, 0.2) is 22.7 Å². The van der Waals surface area contributed by atoms with Crippen molar-refractivity contribution < 1.29 is 13.9 Å². The number of halogens is 3. The fourth-order valence-electron chi connectivity index (χ4n) is 1.12. The van der Waals surface area contributed by atoms with Crippen LogP contribution in [0.25, 0.3) is 0 Å². The van der Waals surface area contributed by atoms with E-state index < -0.39 is 6.86 Å². The Balaban J connectivity index is 2.88. The maximum absolute atomic E-state index is 12.0. The van der Waals surface area contributed by atoms with Gasteiger partial charge in [-0.2, -0.15) is 0 Å². The number of carbonyl (C=O) groups is 1. The first-order valence-corrected chi connectivity index (χ1v) is 5.55. The summed E-state index contributed by atoms with van der Waals surface area (Å²) < 4.78 is 17.3. The first kappa shape index (κ1) is 12.5. The largest absolute Gasteiger partial charge is 0.462 e. The maximum Gasteiger partial charge on any atom is 0.228 e. The van der Waals surface area contributed by atoms with Gasteiger partial charge in [0.05, 0.1) is 10.4 Å². The number of ketones is 1. The Morgan fingerprint density at radius 1 is 1.53 bits per heavy atom. The molecule has 0 heterocycles. The molecule has 0 spiro atoms. The molecule has 0 unspecified atom stereocenters. The number of benzene rings is 1. The molecule has 0 radical (unpaired) electrons. The predicted octanol–water partition coefficient (Wildman–Crippen LogP) is 3.11. The SMILES string of the molecule is O=C(CCl)Cc1cccc(OCF)c1Br. The first-order chi connectivity index (χ1) is 7.19. The molecular weight excluding hydrogens is 286 g/mol. The van der Waals surface area contributed by atoms with Crippen molar-refractivity contribution in [2.45, 2.75) is 6.42 Å². The molecule has 0 saturated carbocycles. The van der Waals surface area contributed by atoms with E-state index in [2.05, 4.69) is 15.9 Å². The van der Waals surface area contributed by atoms with Crippen LogP contribution in [0.3, 0.4) is 0 Å². The summed E-state index contributed by atoms with van der Waals surface area (Å²) in [6, 6.07) is 5.09. The van der Waals surface area contributed by atoms with Crippen molar-refractivity contribution in [1.82, 2.24) is 0 Å². The average molecular weight is 296 g/mol. The number of hydrogen-bond donors (Lipinski definition) is 0. The standard InChI is InChI=1S/C10H9BrClFO2/c11-10-7(4-8(14)5-12)2-1-3-9(10)15-6-13/h1-3H,4-6H2. The quantitative estimate of drug-likeness (QED) is 0.780. The number of Topliss-reactive ketones (excluding diaryl/α,β-unsaturated/α-hetero) is 1. The third-order valence-corrected chi connectivity index (χ3v) is 2.99. The van der Waals surface area contributed by atoms with Gasteiger partial charge in [-0.1, -0.05) is 12.1 Å². The van der Waals surface area contributed by atoms with Crippen LogP contribution in [0.4, 0.5) is 4.39 Å². The Bertz CT molecular complexity index is 357. The summed E-state index contributed by atoms with van der Waals surface area (Å²) in [4.78, 5) is 11.1. The molecule has 2 nitrogen and oxygen atoms in total. The van der Waals surface area contributed by atoms with Crippen molar-refractivity contribution in [2.75, 3.05) is 12.7 Å². The molecule has 0 fully saturated rings. The van der Waals surface area contributed by atoms with Gasteiger partial charge in [0, 0.05) is 6.42 Å². The summed E-state index contributed by atoms with van der Waals surface area (Å²) in [6.45, 7) is -0.897. The second-order valence-electron chi connectivity index (χ2n) is 2.83. The number of rotatable bonds is 5. The van der Waals surface area contributed by atoms with Gasteiger partial charge in [0.2, 0.25) is 6.86 Å². The molecule has 0 aliphatic carbocycles. The molecule has 0 atom stereocenters. The lowest BCUT2D eigenvalue weighted by atomic mass is 10.1. The molecule has 15 heavy (non-hydrogen) atoms. The van der Waals surface area contributed by atoms with Gasteiger partial charge in [-0.3, -0.25) is 4.79 Å². The molecule has 82 valence electrons. The van der Waals surface area contributed by atoms with Crippen molar-refractivity contribution in [2.24, 2.45) is 0 Å². The van der Waals surface area contributed by atoms with Crippen LogP contribution in [-0.2, 0) is 11.2 Å². The van der Waals surface area contributed by atoms with E-state index in [9.17, 15) is 9.18 Å². The zero-order valence-corrected chi connectivity index (χ0v) is 10.1. The Morgan fingerprint density at radius 3 is 2.87 bits per heavy atom. The third-order valence-electron chi connectivity index (χ3n) is 1.79. The number of carbonyl (C=O) groups excluding carboxylic acids is 1. The van der Waals surface area contributed by atoms with Crippen LogP contribution < -0.4 is 4.74 Å². The molecule has 0 aliphatic heterocycles. The molecular formula is C10H9BrClFO2. The highest BCUT2D eigenvalue weighted by Gasteiger charge is 2.09. The van der Waals surface area contributed by atoms with Crippen LogP contribution in [-0.4, -0.2) is 18.5 Å². The number of hydrogen-bond acceptors (Lipinski definition) is 2. The van der Waals surface area contributed by atoms with Crippen molar-refractivity contribution in [3.05, 3.63) is 28.2 Å². The van der Waals surface area contributed by atoms with Crippen molar-refractivity contribution in [1.29, 1.82) is 0 Å². The summed E-state index contributed by atoms with van der Waals surface area (Å²) in [5, 5.41) is 0. The topological polar surface area (TPSA) is 26.3 Å². The molecule has 0 bridgehead atoms. The normalized spacial score (nSPS) is 10.1. The van der Waals surface area contributed by atoms with Gasteiger partial charge < -0.3 is 4.74 Å². The van der Waals surface area contributed by atoms with E-state index in [4.69, 9.17) is 16.3 Å². The van der Waals surface area contributed by atoms with Gasteiger partial charge >= 0.3 is 0 Å². The molecule has 1 aromatic carbocycles. The second kappa shape index (κ2) is 6.08. The number of alkyl halides is 2. The highest BCUT2D eigenvalue weighted by molar-refractivity contribution is 9.10. The van der Waals surface area contributed by atoms with E-state index >= 15 is 0 Å². The zero-order chi connectivity index (χ0) is 11.3. The fourth-order valence-corrected chi connectivity index (χ4v) is 1.74. The van der Waals surface area contributed by atoms with Crippen molar-refractivity contribution in [3.63, 3.8) is 0 Å². The zero-order valence-electron chi connectivity index (χ0n) is 7.80. The second-order valence-corrected chi connectivity index (χ2v) is 3.89. The van der Waals surface area contributed by atoms with E-state index in [1.807, 2.05) is 0 Å². The first-order valence-electron chi connectivity index (χ1n) is 4.23. The van der Waals surface area contributed by atoms with Crippen LogP contribution in [0.5, 0.6) is 5.75 Å². The lowest BCUT2D eigenvalue weighted by Crippen LogP contribution is -2.05. The minimum Gasteiger partial charge on any atom is -0.462 e. The van der Waals surface area contributed by atoms with Gasteiger partial charge in [0.25, 0.3) is 0 Å². The van der Waals surface area contributed by atoms with Crippen LogP contribution in [0, 0.1) is 0 Å². The Hall–Kier alpha value is -0.610. The van der Waals surface area contributed by atoms with Gasteiger partial charge in [-0.15, -0.1) is 11.6 Å². The van der Waals surface area contributed by atoms with Crippen LogP contribution in [0.2, 0.25) is 0 Å². The van der Waals surface area contributed by atoms with Crippen LogP contribution in [0.1, 0.15) is 5.56 Å². The van der Waals surface area contributed by atoms with Gasteiger partial charge in [-0.25, -0.2) is 4.39 Å². The Kier molecular flexibility index (Phi) is 5.05. The minimum absolute atomic E-state index is 0.0271. The highest BCUT2D eigenvalue weighted by Crippen LogP contribution is 2.29. The fraction of sp³-hybridized carbons (Fsp3) is 0.300. The summed E-state index contributed by atoms with van der Waals surface area (Å²) >= 11 is 8.65. The lowest BCUT2D eigenvalue weighted by molar-refractivity contribution is -0.116. The number of ether oxygens (including phenoxy) is 1. The Labute approximate surface area is 101 Å². The van der Waals surface area contributed by atoms with Crippen LogP contribution >= 0.6 is 27.5 Å². The molecule has 0 aromatic heterocycles. The van der Waals surface area contributed by atoms with E-state index in [-0.39, 0.29) is 18.1 Å². The van der Waals surface area contributed by atoms with Gasteiger partial charge in [0.15, 0.2) is 5.78 Å². The van der Waals surface area contributed by atoms with Gasteiger partial charge in [-0.05, 0) is 27.6 Å². The van der Waals surface area contributed by atoms with Gasteiger partial charge in [0.1, 0.15) is 5.75 Å². The molecule has 1 aromatic rings. The third kappa shape index (κ3) is 3.47. The molecule has 5 heteroatoms. The summed E-state index contributed by atoms with van der Waals surface area (Å²) in [7, 11) is 0. The highest BCUT2D eigenvalue weighted by atomic mass is 79.9. The molecule has 0 aliphatic rings. The molecule has 0 amide bonds. The van der Waals surface area contributed by atoms with Crippen molar-refractivity contribution in [3.8, 4) is 5.75 Å². The molecule has 1 rings (SSSR count). The van der Waals surface area contributed by atoms with E-state index in [0.29, 0.717) is 10.2 Å². The average Bonchev–Trinajstić information content (AvgIpc) is 2.24. The molecule has 0 saturated heterocycles. The smallest absolute Gasteiger partial charge is 0.228 e.